The van der Waals surface area contributed by atoms with E-state index < -0.39 is 6.09 Å². The van der Waals surface area contributed by atoms with Crippen LogP contribution in [-0.2, 0) is 4.74 Å². The number of aromatic nitrogens is 2. The molecule has 1 saturated heterocycles. The molecule has 1 fully saturated rings. The van der Waals surface area contributed by atoms with Crippen LogP contribution in [0.5, 0.6) is 5.75 Å². The maximum absolute atomic E-state index is 11.9. The van der Waals surface area contributed by atoms with Gasteiger partial charge in [0, 0.05) is 32.7 Å². The summed E-state index contributed by atoms with van der Waals surface area (Å²) in [6.45, 7) is 4.86. The fraction of sp³-hybridized carbons (Fsp3) is 0.421. The molecule has 0 aliphatic carbocycles. The molecule has 0 radical (unpaired) electrons. The van der Waals surface area contributed by atoms with Crippen molar-refractivity contribution < 1.29 is 14.3 Å². The van der Waals surface area contributed by atoms with Crippen LogP contribution in [0.15, 0.2) is 36.4 Å². The van der Waals surface area contributed by atoms with Crippen molar-refractivity contribution in [2.75, 3.05) is 56.7 Å². The molecule has 0 spiro atoms. The summed E-state index contributed by atoms with van der Waals surface area (Å²) in [7, 11) is 1.56. The minimum Gasteiger partial charge on any atom is -0.495 e. The third-order valence-corrected chi connectivity index (χ3v) is 4.71. The monoisotopic (exact) mass is 405 g/mol. The Bertz CT molecular complexity index is 766. The van der Waals surface area contributed by atoms with E-state index in [2.05, 4.69) is 25.3 Å². The largest absolute Gasteiger partial charge is 0.495 e. The van der Waals surface area contributed by atoms with Crippen molar-refractivity contribution >= 4 is 29.2 Å². The first-order valence-electron chi connectivity index (χ1n) is 9.19. The number of ether oxygens (including phenoxy) is 2. The van der Waals surface area contributed by atoms with Gasteiger partial charge in [0.1, 0.15) is 5.75 Å². The van der Waals surface area contributed by atoms with Crippen molar-refractivity contribution in [3.63, 3.8) is 0 Å². The van der Waals surface area contributed by atoms with E-state index in [0.717, 1.165) is 45.0 Å². The van der Waals surface area contributed by atoms with Crippen LogP contribution < -0.4 is 15.0 Å². The number of amides is 1. The smallest absolute Gasteiger partial charge is 0.411 e. The molecule has 0 unspecified atom stereocenters. The van der Waals surface area contributed by atoms with Gasteiger partial charge in [-0.2, -0.15) is 0 Å². The molecule has 8 nitrogen and oxygen atoms in total. The molecule has 28 heavy (non-hydrogen) atoms. The zero-order valence-corrected chi connectivity index (χ0v) is 16.6. The average Bonchev–Trinajstić information content (AvgIpc) is 2.73. The van der Waals surface area contributed by atoms with E-state index in [-0.39, 0.29) is 0 Å². The van der Waals surface area contributed by atoms with Crippen LogP contribution in [0.4, 0.5) is 16.3 Å². The Morgan fingerprint density at radius 2 is 1.93 bits per heavy atom. The van der Waals surface area contributed by atoms with Crippen LogP contribution in [0.2, 0.25) is 5.15 Å². The van der Waals surface area contributed by atoms with Crippen molar-refractivity contribution in [2.24, 2.45) is 0 Å². The summed E-state index contributed by atoms with van der Waals surface area (Å²) >= 11 is 5.78. The maximum Gasteiger partial charge on any atom is 0.411 e. The normalized spacial score (nSPS) is 14.6. The van der Waals surface area contributed by atoms with Gasteiger partial charge in [0.05, 0.1) is 19.4 Å². The van der Waals surface area contributed by atoms with E-state index in [9.17, 15) is 4.79 Å². The molecule has 1 aliphatic rings. The summed E-state index contributed by atoms with van der Waals surface area (Å²) in [5, 5.41) is 11.1. The second-order valence-corrected chi connectivity index (χ2v) is 6.74. The SMILES string of the molecule is COc1ccccc1NC(=O)OCCCN1CCN(c2ccc(Cl)nn2)CC1. The molecule has 1 amide bonds. The molecule has 3 rings (SSSR count). The van der Waals surface area contributed by atoms with Crippen LogP contribution in [-0.4, -0.2) is 67.6 Å². The third kappa shape index (κ3) is 5.71. The number of benzene rings is 1. The highest BCUT2D eigenvalue weighted by atomic mass is 35.5. The molecule has 1 N–H and O–H groups in total. The predicted octanol–water partition coefficient (Wildman–Crippen LogP) is 2.90. The molecule has 0 bridgehead atoms. The summed E-state index contributed by atoms with van der Waals surface area (Å²) in [6.07, 6.45) is 0.302. The highest BCUT2D eigenvalue weighted by Gasteiger charge is 2.18. The van der Waals surface area contributed by atoms with Crippen LogP contribution >= 0.6 is 11.6 Å². The standard InChI is InChI=1S/C19H24ClN5O3/c1-27-16-6-3-2-5-15(16)21-19(26)28-14-4-9-24-10-12-25(13-11-24)18-8-7-17(20)22-23-18/h2-3,5-8H,4,9-14H2,1H3,(H,21,26). The molecular formula is C19H24ClN5O3. The number of halogens is 1. The number of nitrogens with zero attached hydrogens (tertiary/aromatic N) is 4. The Morgan fingerprint density at radius 3 is 2.64 bits per heavy atom. The number of para-hydroxylation sites is 2. The fourth-order valence-corrected chi connectivity index (χ4v) is 3.13. The van der Waals surface area contributed by atoms with Gasteiger partial charge in [0.15, 0.2) is 11.0 Å². The lowest BCUT2D eigenvalue weighted by Crippen LogP contribution is -2.47. The number of piperazine rings is 1. The Hall–Kier alpha value is -2.58. The quantitative estimate of drug-likeness (QED) is 0.709. The van der Waals surface area contributed by atoms with Gasteiger partial charge in [0.25, 0.3) is 0 Å². The number of carbonyl (C=O) groups is 1. The molecule has 9 heteroatoms. The van der Waals surface area contributed by atoms with Gasteiger partial charge in [-0.05, 0) is 30.7 Å². The van der Waals surface area contributed by atoms with Gasteiger partial charge < -0.3 is 14.4 Å². The number of hydrogen-bond acceptors (Lipinski definition) is 7. The minimum atomic E-state index is -0.476. The molecule has 1 aromatic heterocycles. The Balaban J connectivity index is 1.33. The molecule has 1 aliphatic heterocycles. The number of nitrogens with one attached hydrogen (secondary N) is 1. The van der Waals surface area contributed by atoms with Gasteiger partial charge in [-0.15, -0.1) is 10.2 Å². The average molecular weight is 406 g/mol. The highest BCUT2D eigenvalue weighted by Crippen LogP contribution is 2.23. The van der Waals surface area contributed by atoms with E-state index in [4.69, 9.17) is 21.1 Å². The molecule has 2 aromatic rings. The van der Waals surface area contributed by atoms with Crippen LogP contribution in [0.1, 0.15) is 6.42 Å². The lowest BCUT2D eigenvalue weighted by molar-refractivity contribution is 0.151. The summed E-state index contributed by atoms with van der Waals surface area (Å²) in [4.78, 5) is 16.5. The highest BCUT2D eigenvalue weighted by molar-refractivity contribution is 6.29. The van der Waals surface area contributed by atoms with Crippen molar-refractivity contribution in [1.82, 2.24) is 15.1 Å². The van der Waals surface area contributed by atoms with Gasteiger partial charge >= 0.3 is 6.09 Å². The minimum absolute atomic E-state index is 0.365. The summed E-state index contributed by atoms with van der Waals surface area (Å²) in [5.74, 6) is 1.45. The summed E-state index contributed by atoms with van der Waals surface area (Å²) < 4.78 is 10.5. The topological polar surface area (TPSA) is 79.8 Å². The second-order valence-electron chi connectivity index (χ2n) is 6.36. The van der Waals surface area contributed by atoms with Crippen LogP contribution in [0.3, 0.4) is 0 Å². The van der Waals surface area contributed by atoms with E-state index in [1.165, 1.54) is 0 Å². The maximum atomic E-state index is 11.9. The van der Waals surface area contributed by atoms with E-state index in [1.54, 1.807) is 25.3 Å². The van der Waals surface area contributed by atoms with Gasteiger partial charge in [-0.1, -0.05) is 23.7 Å². The van der Waals surface area contributed by atoms with Gasteiger partial charge in [0.2, 0.25) is 0 Å². The zero-order valence-electron chi connectivity index (χ0n) is 15.8. The van der Waals surface area contributed by atoms with Crippen LogP contribution in [0.25, 0.3) is 0 Å². The van der Waals surface area contributed by atoms with Crippen molar-refractivity contribution in [2.45, 2.75) is 6.42 Å². The zero-order chi connectivity index (χ0) is 19.8. The predicted molar refractivity (Wildman–Crippen MR) is 108 cm³/mol. The second kappa shape index (κ2) is 10.1. The molecule has 2 heterocycles. The molecule has 0 atom stereocenters. The van der Waals surface area contributed by atoms with Gasteiger partial charge in [-0.25, -0.2) is 4.79 Å². The lowest BCUT2D eigenvalue weighted by atomic mass is 10.3. The first-order chi connectivity index (χ1) is 13.7. The Labute approximate surface area is 169 Å². The number of carbonyl (C=O) groups excluding carboxylic acids is 1. The number of anilines is 2. The molecule has 0 saturated carbocycles. The Kier molecular flexibility index (Phi) is 7.27. The molecule has 1 aromatic carbocycles. The number of hydrogen-bond donors (Lipinski definition) is 1. The van der Waals surface area contributed by atoms with E-state index >= 15 is 0 Å². The van der Waals surface area contributed by atoms with Crippen molar-refractivity contribution in [3.8, 4) is 5.75 Å². The van der Waals surface area contributed by atoms with Crippen molar-refractivity contribution in [1.29, 1.82) is 0 Å². The Morgan fingerprint density at radius 1 is 1.14 bits per heavy atom. The molecule has 150 valence electrons. The first-order valence-corrected chi connectivity index (χ1v) is 9.57. The lowest BCUT2D eigenvalue weighted by Gasteiger charge is -2.35. The first kappa shape index (κ1) is 20.2. The van der Waals surface area contributed by atoms with Gasteiger partial charge in [-0.3, -0.25) is 10.2 Å². The van der Waals surface area contributed by atoms with Crippen molar-refractivity contribution in [3.05, 3.63) is 41.6 Å². The van der Waals surface area contributed by atoms with E-state index in [1.807, 2.05) is 18.2 Å². The third-order valence-electron chi connectivity index (χ3n) is 4.51. The molecular weight excluding hydrogens is 382 g/mol. The van der Waals surface area contributed by atoms with E-state index in [0.29, 0.717) is 23.2 Å². The summed E-state index contributed by atoms with van der Waals surface area (Å²) in [5.41, 5.74) is 0.594. The number of rotatable bonds is 7. The fourth-order valence-electron chi connectivity index (χ4n) is 3.03. The van der Waals surface area contributed by atoms with Crippen LogP contribution in [0, 0.1) is 0 Å². The number of methoxy groups -OCH3 is 1. The summed E-state index contributed by atoms with van der Waals surface area (Å²) in [6, 6.07) is 10.9.